The molecule has 57 heavy (non-hydrogen) atoms. The lowest BCUT2D eigenvalue weighted by molar-refractivity contribution is -0.129. The van der Waals surface area contributed by atoms with Gasteiger partial charge in [-0.25, -0.2) is 8.78 Å². The van der Waals surface area contributed by atoms with Crippen molar-refractivity contribution in [1.29, 1.82) is 0 Å². The molecule has 0 radical (unpaired) electrons. The van der Waals surface area contributed by atoms with E-state index in [-0.39, 0.29) is 48.3 Å². The number of phenolic OH excluding ortho intramolecular Hbond substituents is 1. The third-order valence-corrected chi connectivity index (χ3v) is 13.6. The van der Waals surface area contributed by atoms with Gasteiger partial charge in [-0.2, -0.15) is 9.97 Å². The number of likely N-dealkylation sites (tertiary alicyclic amines) is 1. The molecule has 4 aliphatic rings. The number of hydrogen-bond acceptors (Lipinski definition) is 9. The number of amides is 1. The number of ether oxygens (including phenoxy) is 2. The molecule has 3 atom stereocenters. The fourth-order valence-electron chi connectivity index (χ4n) is 9.98. The number of nitrogens with zero attached hydrogens (tertiary/aromatic N) is 4. The number of fused-ring (bicyclic) bond motifs is 2. The largest absolute Gasteiger partial charge is 0.508 e. The van der Waals surface area contributed by atoms with Gasteiger partial charge in [-0.1, -0.05) is 45.3 Å². The monoisotopic (exact) mass is 785 g/mol. The van der Waals surface area contributed by atoms with Gasteiger partial charge in [0.05, 0.1) is 34.5 Å². The van der Waals surface area contributed by atoms with Gasteiger partial charge in [0.2, 0.25) is 5.91 Å². The van der Waals surface area contributed by atoms with Gasteiger partial charge in [0.1, 0.15) is 24.3 Å². The fraction of sp³-hybridized carbons (Fsp3) is 0.578. The standard InChI is InChI=1S/C45H57F2N5O5/c1-7-34-36(47)12-11-30-19-33(53)21-35(39(30)34)31-20-37-40(56-25-31)41(48-26-44(15-9-10-16-44)51(6)38(54)8-2)50-42(49-37)57-27-45(28(3)4)22-32(46)24-52(45)23-29-13-17-43(5,55)18-14-29/h1,8,11-12,19,21,28-29,31-32,53,55H,2,9-10,13-18,20,22-27H2,3-6H3,(H,48,49,50)/t29?,31-,32+,43?,45-/m0/s1. The summed E-state index contributed by atoms with van der Waals surface area (Å²) >= 11 is 0. The van der Waals surface area contributed by atoms with Gasteiger partial charge < -0.3 is 29.9 Å². The van der Waals surface area contributed by atoms with Crippen LogP contribution in [0.5, 0.6) is 17.5 Å². The smallest absolute Gasteiger partial charge is 0.318 e. The first-order valence-electron chi connectivity index (χ1n) is 20.5. The van der Waals surface area contributed by atoms with Crippen molar-refractivity contribution in [3.8, 4) is 29.9 Å². The summed E-state index contributed by atoms with van der Waals surface area (Å²) in [6.45, 7) is 11.6. The Bertz CT molecular complexity index is 2030. The van der Waals surface area contributed by atoms with Crippen molar-refractivity contribution < 1.29 is 33.3 Å². The Labute approximate surface area is 335 Å². The Kier molecular flexibility index (Phi) is 11.5. The Morgan fingerprint density at radius 3 is 2.65 bits per heavy atom. The maximum atomic E-state index is 15.5. The molecule has 3 aromatic rings. The van der Waals surface area contributed by atoms with Gasteiger partial charge in [0.25, 0.3) is 0 Å². The minimum absolute atomic E-state index is 0.0249. The third-order valence-electron chi connectivity index (χ3n) is 13.6. The zero-order valence-corrected chi connectivity index (χ0v) is 33.8. The van der Waals surface area contributed by atoms with Crippen molar-refractivity contribution >= 4 is 22.5 Å². The van der Waals surface area contributed by atoms with Crippen molar-refractivity contribution in [2.75, 3.05) is 45.2 Å². The maximum absolute atomic E-state index is 15.5. The quantitative estimate of drug-likeness (QED) is 0.128. The van der Waals surface area contributed by atoms with Crippen LogP contribution in [0.4, 0.5) is 14.6 Å². The summed E-state index contributed by atoms with van der Waals surface area (Å²) in [4.78, 5) is 26.7. The molecule has 2 aliphatic heterocycles. The molecule has 0 unspecified atom stereocenters. The molecule has 2 aromatic carbocycles. The number of carbonyl (C=O) groups is 1. The van der Waals surface area contributed by atoms with Gasteiger partial charge in [-0.3, -0.25) is 9.69 Å². The predicted molar refractivity (Wildman–Crippen MR) is 217 cm³/mol. The van der Waals surface area contributed by atoms with Gasteiger partial charge >= 0.3 is 6.01 Å². The van der Waals surface area contributed by atoms with Crippen molar-refractivity contribution in [3.05, 3.63) is 59.6 Å². The number of terminal acetylenes is 1. The zero-order valence-electron chi connectivity index (χ0n) is 33.8. The Balaban J connectivity index is 1.22. The van der Waals surface area contributed by atoms with Crippen molar-refractivity contribution in [1.82, 2.24) is 19.8 Å². The van der Waals surface area contributed by atoms with E-state index in [1.54, 1.807) is 23.1 Å². The van der Waals surface area contributed by atoms with E-state index < -0.39 is 28.7 Å². The number of benzene rings is 2. The highest BCUT2D eigenvalue weighted by Gasteiger charge is 2.50. The van der Waals surface area contributed by atoms with E-state index >= 15 is 8.78 Å². The number of likely N-dealkylation sites (N-methyl/N-ethyl adjacent to an activating group) is 1. The van der Waals surface area contributed by atoms with E-state index in [1.807, 2.05) is 14.0 Å². The highest BCUT2D eigenvalue weighted by atomic mass is 19.1. The molecule has 1 amide bonds. The van der Waals surface area contributed by atoms with Gasteiger partial charge in [-0.15, -0.1) is 6.42 Å². The van der Waals surface area contributed by atoms with Crippen molar-refractivity contribution in [2.45, 2.75) is 114 Å². The molecular formula is C45H57F2N5O5. The lowest BCUT2D eigenvalue weighted by Gasteiger charge is -2.44. The highest BCUT2D eigenvalue weighted by Crippen LogP contribution is 2.44. The summed E-state index contributed by atoms with van der Waals surface area (Å²) in [6, 6.07) is 6.20. The third kappa shape index (κ3) is 8.02. The van der Waals surface area contributed by atoms with Crippen molar-refractivity contribution in [2.24, 2.45) is 11.8 Å². The second-order valence-corrected chi connectivity index (χ2v) is 17.6. The number of rotatable bonds is 12. The number of anilines is 1. The first-order chi connectivity index (χ1) is 27.2. The zero-order chi connectivity index (χ0) is 40.7. The molecule has 12 heteroatoms. The average Bonchev–Trinajstić information content (AvgIpc) is 3.80. The van der Waals surface area contributed by atoms with Gasteiger partial charge in [0, 0.05) is 50.8 Å². The Hall–Kier alpha value is -4.47. The van der Waals surface area contributed by atoms with E-state index in [0.717, 1.165) is 57.9 Å². The number of aromatic nitrogens is 2. The number of phenols is 1. The summed E-state index contributed by atoms with van der Waals surface area (Å²) in [5.74, 6) is 2.78. The first kappa shape index (κ1) is 40.7. The molecule has 306 valence electrons. The number of nitrogens with one attached hydrogen (secondary N) is 1. The Morgan fingerprint density at radius 1 is 1.23 bits per heavy atom. The van der Waals surface area contributed by atoms with Crippen LogP contribution in [0.2, 0.25) is 0 Å². The van der Waals surface area contributed by atoms with Crippen LogP contribution >= 0.6 is 0 Å². The molecule has 0 spiro atoms. The molecule has 2 saturated carbocycles. The molecule has 3 fully saturated rings. The molecule has 2 aliphatic carbocycles. The molecule has 3 N–H and O–H groups in total. The molecular weight excluding hydrogens is 729 g/mol. The summed E-state index contributed by atoms with van der Waals surface area (Å²) < 4.78 is 43.6. The normalized spacial score (nSPS) is 27.1. The van der Waals surface area contributed by atoms with Crippen molar-refractivity contribution in [3.63, 3.8) is 0 Å². The van der Waals surface area contributed by atoms with Gasteiger partial charge in [0.15, 0.2) is 11.6 Å². The predicted octanol–water partition coefficient (Wildman–Crippen LogP) is 7.30. The fourth-order valence-corrected chi connectivity index (χ4v) is 9.98. The highest BCUT2D eigenvalue weighted by molar-refractivity contribution is 5.93. The lowest BCUT2D eigenvalue weighted by Crippen LogP contribution is -2.54. The van der Waals surface area contributed by atoms with Crippen LogP contribution < -0.4 is 14.8 Å². The second kappa shape index (κ2) is 16.1. The van der Waals surface area contributed by atoms with Crippen LogP contribution in [0.3, 0.4) is 0 Å². The average molecular weight is 786 g/mol. The SMILES string of the molecule is C#Cc1c(F)ccc2cc(O)cc([C@@H]3COc4c(nc(OC[C@]5(C(C)C)C[C@@H](F)CN5CC5CCC(C)(O)CC5)nc4NCC4(N(C)C(=O)C=C)CCCC4)C3)c12. The lowest BCUT2D eigenvalue weighted by atomic mass is 9.78. The number of hydrogen-bond donors (Lipinski definition) is 3. The number of halogens is 2. The van der Waals surface area contributed by atoms with E-state index in [2.05, 4.69) is 36.6 Å². The molecule has 0 bridgehead atoms. The molecule has 7 rings (SSSR count). The summed E-state index contributed by atoms with van der Waals surface area (Å²) in [6.07, 6.45) is 13.6. The van der Waals surface area contributed by atoms with Crippen LogP contribution in [0, 0.1) is 30.0 Å². The van der Waals surface area contributed by atoms with Gasteiger partial charge in [-0.05, 0) is 92.5 Å². The topological polar surface area (TPSA) is 120 Å². The minimum Gasteiger partial charge on any atom is -0.508 e. The molecule has 1 aromatic heterocycles. The first-order valence-corrected chi connectivity index (χ1v) is 20.5. The second-order valence-electron chi connectivity index (χ2n) is 17.6. The minimum atomic E-state index is -1.01. The molecule has 10 nitrogen and oxygen atoms in total. The van der Waals surface area contributed by atoms with Crippen LogP contribution in [-0.4, -0.2) is 98.6 Å². The number of aromatic hydroxyl groups is 1. The number of alkyl halides is 1. The maximum Gasteiger partial charge on any atom is 0.318 e. The van der Waals surface area contributed by atoms with Crippen LogP contribution in [0.1, 0.15) is 101 Å². The molecule has 3 heterocycles. The van der Waals surface area contributed by atoms with E-state index in [0.29, 0.717) is 65.4 Å². The summed E-state index contributed by atoms with van der Waals surface area (Å²) in [5, 5.41) is 26.0. The Morgan fingerprint density at radius 2 is 1.96 bits per heavy atom. The summed E-state index contributed by atoms with van der Waals surface area (Å²) in [7, 11) is 1.81. The van der Waals surface area contributed by atoms with Crippen LogP contribution in [0.15, 0.2) is 36.9 Å². The number of carbonyl (C=O) groups excluding carboxylic acids is 1. The van der Waals surface area contributed by atoms with Crippen LogP contribution in [-0.2, 0) is 11.2 Å². The van der Waals surface area contributed by atoms with E-state index in [9.17, 15) is 15.0 Å². The van der Waals surface area contributed by atoms with E-state index in [4.69, 9.17) is 25.9 Å². The van der Waals surface area contributed by atoms with E-state index in [1.165, 1.54) is 12.1 Å². The molecule has 1 saturated heterocycles. The van der Waals surface area contributed by atoms with Crippen LogP contribution in [0.25, 0.3) is 10.8 Å². The summed E-state index contributed by atoms with van der Waals surface area (Å²) in [5.41, 5.74) is -0.402. The number of aliphatic hydroxyl groups is 1.